The Kier molecular flexibility index (Phi) is 13.4. The first-order valence-electron chi connectivity index (χ1n) is 16.4. The monoisotopic (exact) mass is 674 g/mol. The molecular weight excluding hydrogens is 620 g/mol. The lowest BCUT2D eigenvalue weighted by atomic mass is 9.76. The zero-order chi connectivity index (χ0) is 35.8. The molecule has 2 saturated heterocycles. The molecule has 12 nitrogen and oxygen atoms in total. The first kappa shape index (κ1) is 39.2. The molecule has 2 aromatic carbocycles. The van der Waals surface area contributed by atoms with Crippen molar-refractivity contribution in [3.05, 3.63) is 54.1 Å². The van der Waals surface area contributed by atoms with E-state index in [0.717, 1.165) is 25.7 Å². The Morgan fingerprint density at radius 1 is 0.688 bits per heavy atom. The SMILES string of the molecule is CC1(C)CC(COOc2ccc(OC=O)cc2)CC(C)(C)N1O.CCOC(=O)c1ccc(OOCC2CC(C)(C)N(O)C(C)(C)C2)cc1. The maximum absolute atomic E-state index is 11.6. The minimum Gasteiger partial charge on any atom is -0.462 e. The molecule has 2 N–H and O–H groups in total. The molecule has 0 bridgehead atoms. The van der Waals surface area contributed by atoms with Crippen LogP contribution in [0, 0.1) is 11.8 Å². The molecule has 2 aliphatic rings. The molecule has 0 unspecified atom stereocenters. The summed E-state index contributed by atoms with van der Waals surface area (Å²) in [5, 5.41) is 23.5. The van der Waals surface area contributed by atoms with Gasteiger partial charge >= 0.3 is 5.97 Å². The quantitative estimate of drug-likeness (QED) is 0.104. The fourth-order valence-corrected chi connectivity index (χ4v) is 7.08. The van der Waals surface area contributed by atoms with Gasteiger partial charge < -0.3 is 29.7 Å². The van der Waals surface area contributed by atoms with Crippen molar-refractivity contribution in [1.29, 1.82) is 0 Å². The van der Waals surface area contributed by atoms with Crippen molar-refractivity contribution in [1.82, 2.24) is 10.1 Å². The third-order valence-corrected chi connectivity index (χ3v) is 8.74. The number of hydrogen-bond acceptors (Lipinski definition) is 12. The first-order valence-corrected chi connectivity index (χ1v) is 16.4. The second-order valence-electron chi connectivity index (χ2n) is 15.1. The van der Waals surface area contributed by atoms with Crippen LogP contribution >= 0.6 is 0 Å². The average molecular weight is 675 g/mol. The minimum atomic E-state index is -0.352. The highest BCUT2D eigenvalue weighted by Gasteiger charge is 2.46. The fraction of sp³-hybridized carbons (Fsp3) is 0.611. The van der Waals surface area contributed by atoms with E-state index in [2.05, 4.69) is 0 Å². The molecule has 48 heavy (non-hydrogen) atoms. The fourth-order valence-electron chi connectivity index (χ4n) is 7.08. The summed E-state index contributed by atoms with van der Waals surface area (Å²) in [6, 6.07) is 13.2. The van der Waals surface area contributed by atoms with Crippen molar-refractivity contribution in [2.24, 2.45) is 11.8 Å². The van der Waals surface area contributed by atoms with Gasteiger partial charge in [-0.05, 0) is 148 Å². The number of hydroxylamine groups is 4. The van der Waals surface area contributed by atoms with Crippen LogP contribution in [-0.2, 0) is 19.3 Å². The molecular formula is C36H54N2O10. The first-order chi connectivity index (χ1) is 22.4. The van der Waals surface area contributed by atoms with Gasteiger partial charge in [-0.15, -0.1) is 0 Å². The number of ether oxygens (including phenoxy) is 2. The summed E-state index contributed by atoms with van der Waals surface area (Å²) in [7, 11) is 0. The van der Waals surface area contributed by atoms with Crippen LogP contribution in [-0.4, -0.2) is 75.0 Å². The summed E-state index contributed by atoms with van der Waals surface area (Å²) in [5.74, 6) is 1.75. The molecule has 0 saturated carbocycles. The van der Waals surface area contributed by atoms with Crippen LogP contribution in [0.2, 0.25) is 0 Å². The Morgan fingerprint density at radius 3 is 1.40 bits per heavy atom. The molecule has 268 valence electrons. The molecule has 2 heterocycles. The van der Waals surface area contributed by atoms with Crippen molar-refractivity contribution < 1.29 is 49.0 Å². The number of carbonyl (C=O) groups is 2. The maximum Gasteiger partial charge on any atom is 0.338 e. The Morgan fingerprint density at radius 2 is 1.04 bits per heavy atom. The molecule has 2 fully saturated rings. The van der Waals surface area contributed by atoms with Gasteiger partial charge in [0, 0.05) is 22.2 Å². The van der Waals surface area contributed by atoms with E-state index in [1.165, 1.54) is 10.1 Å². The predicted octanol–water partition coefficient (Wildman–Crippen LogP) is 7.02. The smallest absolute Gasteiger partial charge is 0.338 e. The highest BCUT2D eigenvalue weighted by atomic mass is 17.2. The van der Waals surface area contributed by atoms with Gasteiger partial charge in [0.25, 0.3) is 6.47 Å². The Hall–Kier alpha value is -3.26. The Labute approximate surface area is 284 Å². The highest BCUT2D eigenvalue weighted by molar-refractivity contribution is 5.89. The average Bonchev–Trinajstić information content (AvgIpc) is 3.00. The summed E-state index contributed by atoms with van der Waals surface area (Å²) >= 11 is 0. The zero-order valence-electron chi connectivity index (χ0n) is 29.9. The van der Waals surface area contributed by atoms with Gasteiger partial charge in [-0.3, -0.25) is 4.79 Å². The van der Waals surface area contributed by atoms with Crippen molar-refractivity contribution in [2.75, 3.05) is 19.8 Å². The van der Waals surface area contributed by atoms with Gasteiger partial charge in [0.05, 0.1) is 25.4 Å². The third kappa shape index (κ3) is 10.9. The number of nitrogens with zero attached hydrogens (tertiary/aromatic N) is 2. The third-order valence-electron chi connectivity index (χ3n) is 8.74. The zero-order valence-corrected chi connectivity index (χ0v) is 29.9. The molecule has 2 aliphatic heterocycles. The van der Waals surface area contributed by atoms with Gasteiger partial charge in [-0.25, -0.2) is 4.79 Å². The van der Waals surface area contributed by atoms with Gasteiger partial charge in [-0.1, -0.05) is 0 Å². The molecule has 0 spiro atoms. The molecule has 12 heteroatoms. The number of rotatable bonds is 12. The van der Waals surface area contributed by atoms with Crippen LogP contribution in [0.25, 0.3) is 0 Å². The lowest BCUT2D eigenvalue weighted by Crippen LogP contribution is -2.59. The molecule has 0 atom stereocenters. The van der Waals surface area contributed by atoms with Crippen LogP contribution < -0.4 is 14.5 Å². The van der Waals surface area contributed by atoms with E-state index >= 15 is 0 Å². The molecule has 4 rings (SSSR count). The van der Waals surface area contributed by atoms with Gasteiger partial charge in [0.15, 0.2) is 11.5 Å². The lowest BCUT2D eigenvalue weighted by Gasteiger charge is -2.51. The van der Waals surface area contributed by atoms with Crippen molar-refractivity contribution in [2.45, 2.75) is 110 Å². The van der Waals surface area contributed by atoms with Crippen molar-refractivity contribution >= 4 is 12.4 Å². The van der Waals surface area contributed by atoms with Gasteiger partial charge in [0.1, 0.15) is 5.75 Å². The summed E-state index contributed by atoms with van der Waals surface area (Å²) < 4.78 is 9.65. The number of piperidine rings is 2. The van der Waals surface area contributed by atoms with Gasteiger partial charge in [-0.2, -0.15) is 19.9 Å². The molecule has 0 radical (unpaired) electrons. The van der Waals surface area contributed by atoms with Crippen LogP contribution in [0.15, 0.2) is 48.5 Å². The van der Waals surface area contributed by atoms with E-state index in [-0.39, 0.29) is 34.0 Å². The Bertz CT molecular complexity index is 1280. The highest BCUT2D eigenvalue weighted by Crippen LogP contribution is 2.41. The van der Waals surface area contributed by atoms with Gasteiger partial charge in [0.2, 0.25) is 0 Å². The predicted molar refractivity (Wildman–Crippen MR) is 178 cm³/mol. The van der Waals surface area contributed by atoms with Crippen LogP contribution in [0.4, 0.5) is 0 Å². The molecule has 0 amide bonds. The van der Waals surface area contributed by atoms with Crippen molar-refractivity contribution in [3.63, 3.8) is 0 Å². The second-order valence-corrected chi connectivity index (χ2v) is 15.1. The summed E-state index contributed by atoms with van der Waals surface area (Å²) in [6.45, 7) is 19.6. The molecule has 2 aromatic rings. The van der Waals surface area contributed by atoms with E-state index in [4.69, 9.17) is 29.0 Å². The van der Waals surface area contributed by atoms with Crippen LogP contribution in [0.3, 0.4) is 0 Å². The summed E-state index contributed by atoms with van der Waals surface area (Å²) in [5.41, 5.74) is -0.741. The van der Waals surface area contributed by atoms with Crippen LogP contribution in [0.1, 0.15) is 98.4 Å². The second kappa shape index (κ2) is 16.4. The Balaban J connectivity index is 0.000000261. The maximum atomic E-state index is 11.6. The summed E-state index contributed by atoms with van der Waals surface area (Å²) in [6.07, 6.45) is 3.28. The number of benzene rings is 2. The normalized spacial score (nSPS) is 20.6. The van der Waals surface area contributed by atoms with E-state index in [1.54, 1.807) is 55.5 Å². The van der Waals surface area contributed by atoms with Crippen LogP contribution in [0.5, 0.6) is 17.2 Å². The standard InChI is InChI=1S/C19H29NO5.C17H25NO5/c1-6-23-17(21)15-7-9-16(10-8-15)25-24-13-14-11-18(2,3)20(22)19(4,5)12-14;1-16(2)9-13(10-17(3,4)18(16)20)11-22-23-15-7-5-14(6-8-15)21-12-19/h7-10,14,22H,6,11-13H2,1-5H3;5-8,12-13,20H,9-11H2,1-4H3. The van der Waals surface area contributed by atoms with Crippen molar-refractivity contribution in [3.8, 4) is 17.2 Å². The lowest BCUT2D eigenvalue weighted by molar-refractivity contribution is -0.270. The molecule has 0 aromatic heterocycles. The van der Waals surface area contributed by atoms with E-state index in [9.17, 15) is 20.0 Å². The number of carbonyl (C=O) groups excluding carboxylic acids is 2. The van der Waals surface area contributed by atoms with E-state index < -0.39 is 0 Å². The largest absolute Gasteiger partial charge is 0.462 e. The summed E-state index contributed by atoms with van der Waals surface area (Å²) in [4.78, 5) is 43.2. The van der Waals surface area contributed by atoms with E-state index in [1.807, 2.05) is 55.4 Å². The minimum absolute atomic E-state index is 0.284. The van der Waals surface area contributed by atoms with E-state index in [0.29, 0.717) is 55.0 Å². The number of hydrogen-bond donors (Lipinski definition) is 2. The topological polar surface area (TPSA) is 136 Å². The number of esters is 1. The molecule has 0 aliphatic carbocycles.